The number of hydrogen-bond acceptors (Lipinski definition) is 4. The second-order valence-corrected chi connectivity index (χ2v) is 6.82. The Hall–Kier alpha value is -1.69. The highest BCUT2D eigenvalue weighted by molar-refractivity contribution is 5.21. The van der Waals surface area contributed by atoms with Crippen molar-refractivity contribution in [3.8, 4) is 0 Å². The van der Waals surface area contributed by atoms with Crippen molar-refractivity contribution in [2.75, 3.05) is 32.7 Å². The Labute approximate surface area is 144 Å². The number of rotatable bonds is 6. The average Bonchev–Trinajstić information content (AvgIpc) is 3.04. The number of aromatic nitrogens is 2. The molecule has 0 radical (unpaired) electrons. The lowest BCUT2D eigenvalue weighted by molar-refractivity contribution is -0.000749. The van der Waals surface area contributed by atoms with Gasteiger partial charge in [-0.15, -0.1) is 0 Å². The lowest BCUT2D eigenvalue weighted by Crippen LogP contribution is -2.50. The minimum atomic E-state index is -0.804. The van der Waals surface area contributed by atoms with Gasteiger partial charge < -0.3 is 9.67 Å². The van der Waals surface area contributed by atoms with E-state index in [9.17, 15) is 5.11 Å². The summed E-state index contributed by atoms with van der Waals surface area (Å²) in [7, 11) is 0. The molecular formula is C19H28N4O. The van der Waals surface area contributed by atoms with E-state index in [2.05, 4.69) is 26.3 Å². The molecule has 1 aromatic carbocycles. The zero-order valence-corrected chi connectivity index (χ0v) is 14.7. The van der Waals surface area contributed by atoms with Crippen LogP contribution < -0.4 is 0 Å². The Kier molecular flexibility index (Phi) is 5.33. The second kappa shape index (κ2) is 7.47. The van der Waals surface area contributed by atoms with Gasteiger partial charge in [0.1, 0.15) is 5.82 Å². The van der Waals surface area contributed by atoms with E-state index < -0.39 is 5.60 Å². The van der Waals surface area contributed by atoms with Crippen LogP contribution in [-0.4, -0.2) is 57.2 Å². The summed E-state index contributed by atoms with van der Waals surface area (Å²) in [6.45, 7) is 10.6. The number of aryl methyl sites for hydroxylation is 1. The summed E-state index contributed by atoms with van der Waals surface area (Å²) < 4.78 is 2.20. The van der Waals surface area contributed by atoms with Gasteiger partial charge in [-0.05, 0) is 19.4 Å². The molecule has 5 nitrogen and oxygen atoms in total. The molecule has 1 saturated heterocycles. The molecule has 0 bridgehead atoms. The normalized spacial score (nSPS) is 19.3. The molecule has 2 heterocycles. The molecule has 0 saturated carbocycles. The van der Waals surface area contributed by atoms with E-state index in [0.29, 0.717) is 6.54 Å². The Morgan fingerprint density at radius 2 is 1.75 bits per heavy atom. The van der Waals surface area contributed by atoms with Crippen LogP contribution in [0.1, 0.15) is 25.2 Å². The van der Waals surface area contributed by atoms with E-state index >= 15 is 0 Å². The molecule has 1 atom stereocenters. The third-order valence-corrected chi connectivity index (χ3v) is 4.90. The largest absolute Gasteiger partial charge is 0.384 e. The van der Waals surface area contributed by atoms with Crippen LogP contribution in [-0.2, 0) is 18.7 Å². The molecule has 3 rings (SSSR count). The molecule has 0 unspecified atom stereocenters. The van der Waals surface area contributed by atoms with Crippen LogP contribution in [0.5, 0.6) is 0 Å². The number of hydrogen-bond donors (Lipinski definition) is 1. The summed E-state index contributed by atoms with van der Waals surface area (Å²) in [5.74, 6) is 1.14. The average molecular weight is 328 g/mol. The fourth-order valence-corrected chi connectivity index (χ4v) is 3.41. The number of imidazole rings is 1. The third kappa shape index (κ3) is 4.04. The molecule has 1 aliphatic rings. The van der Waals surface area contributed by atoms with E-state index in [1.807, 2.05) is 49.6 Å². The predicted octanol–water partition coefficient (Wildman–Crippen LogP) is 1.93. The molecule has 1 aromatic heterocycles. The van der Waals surface area contributed by atoms with Crippen molar-refractivity contribution in [3.05, 3.63) is 54.1 Å². The highest BCUT2D eigenvalue weighted by atomic mass is 16.3. The van der Waals surface area contributed by atoms with Gasteiger partial charge in [0, 0.05) is 51.7 Å². The zero-order valence-electron chi connectivity index (χ0n) is 14.7. The molecule has 5 heteroatoms. The van der Waals surface area contributed by atoms with Gasteiger partial charge in [-0.1, -0.05) is 30.3 Å². The van der Waals surface area contributed by atoms with Gasteiger partial charge in [0.15, 0.2) is 0 Å². The first kappa shape index (κ1) is 17.1. The SMILES string of the molecule is CCn1ccnc1CN1CCN(C[C@](C)(O)c2ccccc2)CC1. The molecule has 0 amide bonds. The third-order valence-electron chi connectivity index (χ3n) is 4.90. The van der Waals surface area contributed by atoms with Gasteiger partial charge in [0.2, 0.25) is 0 Å². The van der Waals surface area contributed by atoms with E-state index in [1.165, 1.54) is 0 Å². The van der Waals surface area contributed by atoms with Crippen LogP contribution in [0.3, 0.4) is 0 Å². The summed E-state index contributed by atoms with van der Waals surface area (Å²) in [4.78, 5) is 9.27. The van der Waals surface area contributed by atoms with Crippen LogP contribution in [0.2, 0.25) is 0 Å². The van der Waals surface area contributed by atoms with Crippen molar-refractivity contribution >= 4 is 0 Å². The Balaban J connectivity index is 1.52. The highest BCUT2D eigenvalue weighted by Crippen LogP contribution is 2.22. The minimum absolute atomic E-state index is 0.675. The fraction of sp³-hybridized carbons (Fsp3) is 0.526. The molecule has 24 heavy (non-hydrogen) atoms. The van der Waals surface area contributed by atoms with Crippen molar-refractivity contribution in [1.29, 1.82) is 0 Å². The van der Waals surface area contributed by atoms with Gasteiger partial charge in [-0.2, -0.15) is 0 Å². The summed E-state index contributed by atoms with van der Waals surface area (Å²) >= 11 is 0. The van der Waals surface area contributed by atoms with Gasteiger partial charge in [-0.3, -0.25) is 9.80 Å². The van der Waals surface area contributed by atoms with Gasteiger partial charge in [0.25, 0.3) is 0 Å². The Morgan fingerprint density at radius 1 is 1.08 bits per heavy atom. The molecule has 1 aliphatic heterocycles. The number of aliphatic hydroxyl groups is 1. The standard InChI is InChI=1S/C19H28N4O/c1-3-23-10-9-20-18(23)15-21-11-13-22(14-12-21)16-19(2,24)17-7-5-4-6-8-17/h4-10,24H,3,11-16H2,1-2H3/t19-/m0/s1. The maximum Gasteiger partial charge on any atom is 0.122 e. The summed E-state index contributed by atoms with van der Waals surface area (Å²) in [5, 5.41) is 10.8. The van der Waals surface area contributed by atoms with Crippen molar-refractivity contribution in [2.45, 2.75) is 32.5 Å². The first-order valence-electron chi connectivity index (χ1n) is 8.81. The van der Waals surface area contributed by atoms with Crippen molar-refractivity contribution in [1.82, 2.24) is 19.4 Å². The molecule has 1 N–H and O–H groups in total. The van der Waals surface area contributed by atoms with Crippen LogP contribution in [0.25, 0.3) is 0 Å². The highest BCUT2D eigenvalue weighted by Gasteiger charge is 2.28. The molecule has 1 fully saturated rings. The first-order chi connectivity index (χ1) is 11.6. The fourth-order valence-electron chi connectivity index (χ4n) is 3.41. The van der Waals surface area contributed by atoms with Gasteiger partial charge in [-0.25, -0.2) is 4.98 Å². The zero-order chi connectivity index (χ0) is 17.0. The van der Waals surface area contributed by atoms with Crippen LogP contribution >= 0.6 is 0 Å². The Morgan fingerprint density at radius 3 is 2.42 bits per heavy atom. The maximum absolute atomic E-state index is 10.8. The molecular weight excluding hydrogens is 300 g/mol. The summed E-state index contributed by atoms with van der Waals surface area (Å²) in [5.41, 5.74) is 0.180. The smallest absolute Gasteiger partial charge is 0.122 e. The van der Waals surface area contributed by atoms with Crippen molar-refractivity contribution < 1.29 is 5.11 Å². The second-order valence-electron chi connectivity index (χ2n) is 6.82. The lowest BCUT2D eigenvalue weighted by Gasteiger charge is -2.38. The van der Waals surface area contributed by atoms with Crippen LogP contribution in [0.15, 0.2) is 42.7 Å². The first-order valence-corrected chi connectivity index (χ1v) is 8.81. The quantitative estimate of drug-likeness (QED) is 0.880. The number of piperazine rings is 1. The van der Waals surface area contributed by atoms with Crippen LogP contribution in [0.4, 0.5) is 0 Å². The number of benzene rings is 1. The maximum atomic E-state index is 10.8. The predicted molar refractivity (Wildman–Crippen MR) is 95.6 cm³/mol. The van der Waals surface area contributed by atoms with E-state index in [0.717, 1.165) is 50.7 Å². The van der Waals surface area contributed by atoms with Crippen molar-refractivity contribution in [3.63, 3.8) is 0 Å². The Bertz CT molecular complexity index is 630. The molecule has 0 spiro atoms. The number of β-amino-alcohol motifs (C(OH)–C–C–N with tert-alkyl or cyclic N) is 1. The van der Waals surface area contributed by atoms with Gasteiger partial charge in [0.05, 0.1) is 12.1 Å². The topological polar surface area (TPSA) is 44.5 Å². The summed E-state index contributed by atoms with van der Waals surface area (Å²) in [6.07, 6.45) is 3.93. The van der Waals surface area contributed by atoms with Crippen LogP contribution in [0, 0.1) is 0 Å². The molecule has 0 aliphatic carbocycles. The minimum Gasteiger partial charge on any atom is -0.384 e. The van der Waals surface area contributed by atoms with E-state index in [1.54, 1.807) is 0 Å². The van der Waals surface area contributed by atoms with E-state index in [-0.39, 0.29) is 0 Å². The monoisotopic (exact) mass is 328 g/mol. The number of nitrogens with zero attached hydrogens (tertiary/aromatic N) is 4. The van der Waals surface area contributed by atoms with Gasteiger partial charge >= 0.3 is 0 Å². The summed E-state index contributed by atoms with van der Waals surface area (Å²) in [6, 6.07) is 9.95. The molecule has 130 valence electrons. The van der Waals surface area contributed by atoms with Crippen molar-refractivity contribution in [2.24, 2.45) is 0 Å². The lowest BCUT2D eigenvalue weighted by atomic mass is 9.95. The molecule has 2 aromatic rings. The van der Waals surface area contributed by atoms with E-state index in [4.69, 9.17) is 0 Å².